The van der Waals surface area contributed by atoms with E-state index in [0.29, 0.717) is 4.34 Å². The maximum absolute atomic E-state index is 10.8. The van der Waals surface area contributed by atoms with Gasteiger partial charge in [0.1, 0.15) is 9.88 Å². The lowest BCUT2D eigenvalue weighted by atomic mass is 10.2. The molecule has 8 heteroatoms. The molecule has 5 nitrogen and oxygen atoms in total. The Bertz CT molecular complexity index is 739. The van der Waals surface area contributed by atoms with E-state index in [0.717, 1.165) is 26.2 Å². The van der Waals surface area contributed by atoms with Crippen molar-refractivity contribution in [3.05, 3.63) is 41.4 Å². The number of carbonyl (C=O) groups is 1. The molecule has 3 aromatic rings. The van der Waals surface area contributed by atoms with E-state index in [-0.39, 0.29) is 4.88 Å². The highest BCUT2D eigenvalue weighted by molar-refractivity contribution is 8.02. The number of rotatable bonds is 4. The van der Waals surface area contributed by atoms with Gasteiger partial charge in [-0.3, -0.25) is 0 Å². The number of carboxylic acid groups (broad SMARTS) is 1. The molecule has 0 aliphatic heterocycles. The summed E-state index contributed by atoms with van der Waals surface area (Å²) in [5.74, 6) is -0.961. The average molecular weight is 321 g/mol. The lowest BCUT2D eigenvalue weighted by Crippen LogP contribution is -1.89. The first-order chi connectivity index (χ1) is 9.72. The van der Waals surface area contributed by atoms with Crippen molar-refractivity contribution < 1.29 is 9.90 Å². The molecule has 20 heavy (non-hydrogen) atoms. The molecule has 0 fully saturated rings. The molecular formula is C12H7N3O2S3. The first-order valence-electron chi connectivity index (χ1n) is 5.48. The summed E-state index contributed by atoms with van der Waals surface area (Å²) in [6.45, 7) is 0. The molecule has 2 heterocycles. The summed E-state index contributed by atoms with van der Waals surface area (Å²) < 4.78 is 1.40. The van der Waals surface area contributed by atoms with E-state index in [1.807, 2.05) is 30.3 Å². The highest BCUT2D eigenvalue weighted by Gasteiger charge is 2.12. The van der Waals surface area contributed by atoms with E-state index in [9.17, 15) is 4.79 Å². The summed E-state index contributed by atoms with van der Waals surface area (Å²) in [5.41, 5.74) is 1.02. The smallest absolute Gasteiger partial charge is 0.347 e. The van der Waals surface area contributed by atoms with Gasteiger partial charge in [0.15, 0.2) is 8.68 Å². The van der Waals surface area contributed by atoms with E-state index in [2.05, 4.69) is 15.2 Å². The predicted octanol–water partition coefficient (Wildman–Crippen LogP) is 3.51. The third-order valence-electron chi connectivity index (χ3n) is 2.30. The number of hydrogen-bond donors (Lipinski definition) is 1. The first-order valence-corrected chi connectivity index (χ1v) is 7.93. The molecule has 0 amide bonds. The van der Waals surface area contributed by atoms with Crippen LogP contribution in [0.2, 0.25) is 0 Å². The standard InChI is InChI=1S/C12H7N3O2S3/c16-10(17)8-6-13-11(18-8)20-12-15-14-9(19-12)7-4-2-1-3-5-7/h1-6H,(H,16,17). The molecule has 0 spiro atoms. The maximum atomic E-state index is 10.8. The third kappa shape index (κ3) is 2.87. The van der Waals surface area contributed by atoms with Crippen LogP contribution in [0.5, 0.6) is 0 Å². The second-order valence-corrected chi connectivity index (χ2v) is 7.14. The highest BCUT2D eigenvalue weighted by atomic mass is 32.2. The van der Waals surface area contributed by atoms with Crippen molar-refractivity contribution in [1.82, 2.24) is 15.2 Å². The van der Waals surface area contributed by atoms with Gasteiger partial charge in [-0.05, 0) is 11.8 Å². The molecule has 0 saturated carbocycles. The molecule has 0 aliphatic carbocycles. The highest BCUT2D eigenvalue weighted by Crippen LogP contribution is 2.35. The van der Waals surface area contributed by atoms with Gasteiger partial charge in [0.2, 0.25) is 0 Å². The summed E-state index contributed by atoms with van der Waals surface area (Å²) in [5, 5.41) is 17.9. The van der Waals surface area contributed by atoms with Crippen molar-refractivity contribution in [2.45, 2.75) is 8.68 Å². The number of aromatic nitrogens is 3. The van der Waals surface area contributed by atoms with E-state index in [4.69, 9.17) is 5.11 Å². The first kappa shape index (κ1) is 13.2. The maximum Gasteiger partial charge on any atom is 0.347 e. The van der Waals surface area contributed by atoms with E-state index >= 15 is 0 Å². The van der Waals surface area contributed by atoms with Crippen LogP contribution in [0.1, 0.15) is 9.67 Å². The van der Waals surface area contributed by atoms with Gasteiger partial charge in [0, 0.05) is 5.56 Å². The zero-order valence-corrected chi connectivity index (χ0v) is 12.3. The minimum absolute atomic E-state index is 0.222. The zero-order valence-electron chi connectivity index (χ0n) is 9.89. The van der Waals surface area contributed by atoms with Crippen LogP contribution in [-0.4, -0.2) is 26.3 Å². The Morgan fingerprint density at radius 2 is 1.90 bits per heavy atom. The lowest BCUT2D eigenvalue weighted by molar-refractivity contribution is 0.0702. The molecule has 1 N–H and O–H groups in total. The zero-order chi connectivity index (χ0) is 13.9. The molecule has 1 aromatic carbocycles. The fraction of sp³-hybridized carbons (Fsp3) is 0. The average Bonchev–Trinajstić information content (AvgIpc) is 3.10. The molecular weight excluding hydrogens is 314 g/mol. The van der Waals surface area contributed by atoms with Crippen LogP contribution >= 0.6 is 34.4 Å². The number of hydrogen-bond acceptors (Lipinski definition) is 7. The number of carboxylic acids is 1. The Kier molecular flexibility index (Phi) is 3.77. The summed E-state index contributed by atoms with van der Waals surface area (Å²) in [7, 11) is 0. The quantitative estimate of drug-likeness (QED) is 0.792. The van der Waals surface area contributed by atoms with E-state index < -0.39 is 5.97 Å². The molecule has 0 radical (unpaired) electrons. The number of benzene rings is 1. The number of aromatic carboxylic acids is 1. The Morgan fingerprint density at radius 1 is 1.10 bits per heavy atom. The monoisotopic (exact) mass is 321 g/mol. The molecule has 0 bridgehead atoms. The van der Waals surface area contributed by atoms with Crippen molar-refractivity contribution in [2.24, 2.45) is 0 Å². The summed E-state index contributed by atoms with van der Waals surface area (Å²) in [6, 6.07) is 9.79. The molecule has 3 rings (SSSR count). The SMILES string of the molecule is O=C(O)c1cnc(Sc2nnc(-c3ccccc3)s2)s1. The van der Waals surface area contributed by atoms with Crippen molar-refractivity contribution >= 4 is 40.4 Å². The second-order valence-electron chi connectivity index (χ2n) is 3.64. The van der Waals surface area contributed by atoms with Gasteiger partial charge in [0.05, 0.1) is 6.20 Å². The van der Waals surface area contributed by atoms with Crippen LogP contribution in [-0.2, 0) is 0 Å². The van der Waals surface area contributed by atoms with Crippen LogP contribution in [0.3, 0.4) is 0 Å². The molecule has 0 aliphatic rings. The fourth-order valence-corrected chi connectivity index (χ4v) is 4.30. The molecule has 2 aromatic heterocycles. The van der Waals surface area contributed by atoms with Gasteiger partial charge >= 0.3 is 5.97 Å². The fourth-order valence-electron chi connectivity index (χ4n) is 1.43. The van der Waals surface area contributed by atoms with Crippen LogP contribution in [0.4, 0.5) is 0 Å². The van der Waals surface area contributed by atoms with Crippen molar-refractivity contribution in [3.63, 3.8) is 0 Å². The summed E-state index contributed by atoms with van der Waals surface area (Å²) >= 11 is 3.92. The van der Waals surface area contributed by atoms with Crippen LogP contribution in [0.25, 0.3) is 10.6 Å². The van der Waals surface area contributed by atoms with Gasteiger partial charge < -0.3 is 5.11 Å². The van der Waals surface area contributed by atoms with Gasteiger partial charge in [-0.1, -0.05) is 41.7 Å². The van der Waals surface area contributed by atoms with Crippen molar-refractivity contribution in [3.8, 4) is 10.6 Å². The van der Waals surface area contributed by atoms with Crippen LogP contribution in [0, 0.1) is 0 Å². The largest absolute Gasteiger partial charge is 0.477 e. The Hall–Kier alpha value is -1.77. The topological polar surface area (TPSA) is 76.0 Å². The van der Waals surface area contributed by atoms with E-state index in [1.54, 1.807) is 0 Å². The Labute approximate surface area is 126 Å². The summed E-state index contributed by atoms with van der Waals surface area (Å²) in [6.07, 6.45) is 1.36. The molecule has 0 unspecified atom stereocenters. The normalized spacial score (nSPS) is 10.6. The molecule has 0 atom stereocenters. The summed E-state index contributed by atoms with van der Waals surface area (Å²) in [4.78, 5) is 15.1. The second kappa shape index (κ2) is 5.70. The van der Waals surface area contributed by atoms with Gasteiger partial charge in [-0.25, -0.2) is 9.78 Å². The predicted molar refractivity (Wildman–Crippen MR) is 78.5 cm³/mol. The third-order valence-corrected chi connectivity index (χ3v) is 5.38. The van der Waals surface area contributed by atoms with Crippen LogP contribution in [0.15, 0.2) is 45.2 Å². The van der Waals surface area contributed by atoms with Crippen molar-refractivity contribution in [2.75, 3.05) is 0 Å². The number of thiazole rings is 1. The minimum atomic E-state index is -0.961. The minimum Gasteiger partial charge on any atom is -0.477 e. The van der Waals surface area contributed by atoms with E-state index in [1.165, 1.54) is 29.3 Å². The molecule has 0 saturated heterocycles. The Morgan fingerprint density at radius 3 is 2.60 bits per heavy atom. The van der Waals surface area contributed by atoms with Gasteiger partial charge in [-0.15, -0.1) is 21.5 Å². The van der Waals surface area contributed by atoms with Crippen molar-refractivity contribution in [1.29, 1.82) is 0 Å². The molecule has 100 valence electrons. The Balaban J connectivity index is 1.78. The van der Waals surface area contributed by atoms with Gasteiger partial charge in [0.25, 0.3) is 0 Å². The van der Waals surface area contributed by atoms with Gasteiger partial charge in [-0.2, -0.15) is 0 Å². The lowest BCUT2D eigenvalue weighted by Gasteiger charge is -1.91. The number of nitrogens with zero attached hydrogens (tertiary/aromatic N) is 3. The van der Waals surface area contributed by atoms with Crippen LogP contribution < -0.4 is 0 Å².